The molecule has 0 aliphatic carbocycles. The summed E-state index contributed by atoms with van der Waals surface area (Å²) in [6.07, 6.45) is 6.14. The number of pyridine rings is 1. The van der Waals surface area contributed by atoms with E-state index in [0.29, 0.717) is 19.8 Å². The number of nitrogens with one attached hydrogen (secondary N) is 1. The van der Waals surface area contributed by atoms with Gasteiger partial charge < -0.3 is 23.4 Å². The molecule has 0 amide bonds. The van der Waals surface area contributed by atoms with E-state index in [0.717, 1.165) is 63.1 Å². The largest absolute Gasteiger partial charge is 0.411 e. The summed E-state index contributed by atoms with van der Waals surface area (Å²) in [6, 6.07) is 6.18. The number of ether oxygens (including phenoxy) is 4. The van der Waals surface area contributed by atoms with Crippen LogP contribution in [-0.4, -0.2) is 58.4 Å². The maximum Gasteiger partial charge on any atom is 0.192 e. The fraction of sp³-hybridized carbons (Fsp3) is 0.821. The maximum absolute atomic E-state index is 6.43. The van der Waals surface area contributed by atoms with Gasteiger partial charge in [0, 0.05) is 13.2 Å². The minimum Gasteiger partial charge on any atom is -0.411 e. The van der Waals surface area contributed by atoms with Gasteiger partial charge in [0.1, 0.15) is 0 Å². The number of aromatic nitrogens is 1. The molecule has 2 unspecified atom stereocenters. The minimum absolute atomic E-state index is 0.0232. The number of nitrogens with zero attached hydrogens (tertiary/aromatic N) is 1. The molecule has 1 N–H and O–H groups in total. The highest BCUT2D eigenvalue weighted by atomic mass is 28.4. The van der Waals surface area contributed by atoms with E-state index in [9.17, 15) is 0 Å². The third-order valence-corrected chi connectivity index (χ3v) is 12.1. The van der Waals surface area contributed by atoms with Gasteiger partial charge in [0.05, 0.1) is 42.8 Å². The predicted molar refractivity (Wildman–Crippen MR) is 145 cm³/mol. The summed E-state index contributed by atoms with van der Waals surface area (Å²) < 4.78 is 30.3. The van der Waals surface area contributed by atoms with Crippen LogP contribution in [0.5, 0.6) is 0 Å². The lowest BCUT2D eigenvalue weighted by Crippen LogP contribution is -2.50. The predicted octanol–water partition coefficient (Wildman–Crippen LogP) is 5.88. The lowest BCUT2D eigenvalue weighted by molar-refractivity contribution is -0.186. The molecule has 0 aromatic carbocycles. The van der Waals surface area contributed by atoms with Gasteiger partial charge in [-0.15, -0.1) is 0 Å². The SMILES string of the molecule is CC(C)(NC(COC1CCCCO1)COC1CCCCO1)c1cccc(CO[Si](C)(C)C(C)(C)C)n1. The average Bonchev–Trinajstić information content (AvgIpc) is 2.85. The van der Waals surface area contributed by atoms with Crippen LogP contribution in [0.4, 0.5) is 0 Å². The van der Waals surface area contributed by atoms with Gasteiger partial charge in [-0.1, -0.05) is 26.8 Å². The van der Waals surface area contributed by atoms with Crippen LogP contribution in [0.25, 0.3) is 0 Å². The van der Waals surface area contributed by atoms with Crippen LogP contribution in [0.2, 0.25) is 18.1 Å². The van der Waals surface area contributed by atoms with Crippen molar-refractivity contribution in [1.29, 1.82) is 0 Å². The number of hydrogen-bond acceptors (Lipinski definition) is 7. The summed E-state index contributed by atoms with van der Waals surface area (Å²) in [4.78, 5) is 4.99. The Bertz CT molecular complexity index is 764. The zero-order valence-electron chi connectivity index (χ0n) is 23.7. The molecule has 2 aliphatic heterocycles. The molecular formula is C28H50N2O5Si. The Morgan fingerprint density at radius 1 is 0.944 bits per heavy atom. The molecule has 0 spiro atoms. The fourth-order valence-corrected chi connectivity index (χ4v) is 5.17. The van der Waals surface area contributed by atoms with Crippen LogP contribution < -0.4 is 5.32 Å². The first-order valence-electron chi connectivity index (χ1n) is 13.8. The van der Waals surface area contributed by atoms with Gasteiger partial charge in [-0.05, 0) is 82.6 Å². The van der Waals surface area contributed by atoms with Gasteiger partial charge in [0.25, 0.3) is 0 Å². The second kappa shape index (κ2) is 13.3. The normalized spacial score (nSPS) is 23.0. The van der Waals surface area contributed by atoms with E-state index >= 15 is 0 Å². The quantitative estimate of drug-likeness (QED) is 0.344. The highest BCUT2D eigenvalue weighted by molar-refractivity contribution is 6.74. The zero-order chi connectivity index (χ0) is 26.2. The smallest absolute Gasteiger partial charge is 0.192 e. The molecule has 0 saturated carbocycles. The Hall–Kier alpha value is -0.873. The fourth-order valence-electron chi connectivity index (χ4n) is 4.23. The van der Waals surface area contributed by atoms with Gasteiger partial charge in [0.2, 0.25) is 0 Å². The lowest BCUT2D eigenvalue weighted by atomic mass is 9.98. The molecule has 7 nitrogen and oxygen atoms in total. The molecule has 8 heteroatoms. The Balaban J connectivity index is 1.64. The molecule has 2 atom stereocenters. The highest BCUT2D eigenvalue weighted by Crippen LogP contribution is 2.37. The van der Waals surface area contributed by atoms with E-state index in [-0.39, 0.29) is 29.2 Å². The molecule has 2 fully saturated rings. The van der Waals surface area contributed by atoms with Crippen molar-refractivity contribution in [3.63, 3.8) is 0 Å². The molecule has 2 aliphatic rings. The van der Waals surface area contributed by atoms with E-state index in [2.05, 4.69) is 71.2 Å². The highest BCUT2D eigenvalue weighted by Gasteiger charge is 2.37. The van der Waals surface area contributed by atoms with E-state index in [4.69, 9.17) is 28.4 Å². The van der Waals surface area contributed by atoms with Crippen molar-refractivity contribution in [2.45, 2.75) is 122 Å². The molecular weight excluding hydrogens is 472 g/mol. The minimum atomic E-state index is -1.84. The summed E-state index contributed by atoms with van der Waals surface area (Å²) in [7, 11) is -1.84. The third kappa shape index (κ3) is 9.15. The van der Waals surface area contributed by atoms with Crippen molar-refractivity contribution < 1.29 is 23.4 Å². The standard InChI is InChI=1S/C28H50N2O5Si/c1-27(2,3)36(6,7)35-21-22-13-12-14-24(29-22)28(4,5)30-23(19-33-25-15-8-10-17-31-25)20-34-26-16-9-11-18-32-26/h12-14,23,25-26,30H,8-11,15-21H2,1-7H3. The molecule has 206 valence electrons. The topological polar surface area (TPSA) is 71.1 Å². The maximum atomic E-state index is 6.43. The summed E-state index contributed by atoms with van der Waals surface area (Å²) in [5.41, 5.74) is 1.56. The first-order chi connectivity index (χ1) is 17.0. The van der Waals surface area contributed by atoms with E-state index in [1.807, 2.05) is 0 Å². The molecule has 2 saturated heterocycles. The van der Waals surface area contributed by atoms with Crippen molar-refractivity contribution in [2.24, 2.45) is 0 Å². The monoisotopic (exact) mass is 522 g/mol. The summed E-state index contributed by atoms with van der Waals surface area (Å²) in [6.45, 7) is 18.8. The van der Waals surface area contributed by atoms with Crippen LogP contribution in [0.15, 0.2) is 18.2 Å². The first kappa shape index (κ1) is 29.7. The number of rotatable bonds is 12. The van der Waals surface area contributed by atoms with Crippen LogP contribution in [-0.2, 0) is 35.5 Å². The third-order valence-electron chi connectivity index (χ3n) is 7.64. The summed E-state index contributed by atoms with van der Waals surface area (Å²) in [5.74, 6) is 0. The molecule has 36 heavy (non-hydrogen) atoms. The second-order valence-electron chi connectivity index (χ2n) is 12.3. The van der Waals surface area contributed by atoms with Crippen molar-refractivity contribution >= 4 is 8.32 Å². The van der Waals surface area contributed by atoms with Gasteiger partial charge in [-0.2, -0.15) is 0 Å². The van der Waals surface area contributed by atoms with Crippen molar-refractivity contribution in [1.82, 2.24) is 10.3 Å². The van der Waals surface area contributed by atoms with Crippen molar-refractivity contribution in [3.05, 3.63) is 29.6 Å². The average molecular weight is 523 g/mol. The van der Waals surface area contributed by atoms with Crippen LogP contribution >= 0.6 is 0 Å². The first-order valence-corrected chi connectivity index (χ1v) is 16.7. The molecule has 1 aromatic heterocycles. The van der Waals surface area contributed by atoms with Crippen LogP contribution in [0.3, 0.4) is 0 Å². The Kier molecular flexibility index (Phi) is 10.9. The molecule has 0 bridgehead atoms. The van der Waals surface area contributed by atoms with Crippen LogP contribution in [0, 0.1) is 0 Å². The summed E-state index contributed by atoms with van der Waals surface area (Å²) in [5, 5.41) is 3.93. The van der Waals surface area contributed by atoms with E-state index in [1.165, 1.54) is 0 Å². The second-order valence-corrected chi connectivity index (χ2v) is 17.1. The van der Waals surface area contributed by atoms with Gasteiger partial charge >= 0.3 is 0 Å². The molecule has 0 radical (unpaired) electrons. The molecule has 3 heterocycles. The Morgan fingerprint density at radius 2 is 1.53 bits per heavy atom. The van der Waals surface area contributed by atoms with Gasteiger partial charge in [-0.25, -0.2) is 0 Å². The Labute approximate surface area is 220 Å². The van der Waals surface area contributed by atoms with E-state index in [1.54, 1.807) is 0 Å². The summed E-state index contributed by atoms with van der Waals surface area (Å²) >= 11 is 0. The Morgan fingerprint density at radius 3 is 2.03 bits per heavy atom. The zero-order valence-corrected chi connectivity index (χ0v) is 24.7. The van der Waals surface area contributed by atoms with Crippen LogP contribution in [0.1, 0.15) is 84.5 Å². The lowest BCUT2D eigenvalue weighted by Gasteiger charge is -2.36. The van der Waals surface area contributed by atoms with Crippen molar-refractivity contribution in [3.8, 4) is 0 Å². The number of hydrogen-bond donors (Lipinski definition) is 1. The van der Waals surface area contributed by atoms with Crippen molar-refractivity contribution in [2.75, 3.05) is 26.4 Å². The molecule has 1 aromatic rings. The van der Waals surface area contributed by atoms with E-state index < -0.39 is 8.32 Å². The van der Waals surface area contributed by atoms with Gasteiger partial charge in [-0.3, -0.25) is 10.3 Å². The molecule has 3 rings (SSSR count). The van der Waals surface area contributed by atoms with Gasteiger partial charge in [0.15, 0.2) is 20.9 Å².